The number of aliphatic hydroxyl groups is 2. The van der Waals surface area contributed by atoms with Crippen LogP contribution in [0.25, 0.3) is 0 Å². The van der Waals surface area contributed by atoms with Gasteiger partial charge in [0.2, 0.25) is 5.91 Å². The number of amides is 1. The van der Waals surface area contributed by atoms with Gasteiger partial charge in [0.05, 0.1) is 31.3 Å². The third-order valence-electron chi connectivity index (χ3n) is 8.92. The van der Waals surface area contributed by atoms with Crippen LogP contribution < -0.4 is 0 Å². The van der Waals surface area contributed by atoms with Gasteiger partial charge in [-0.2, -0.15) is 0 Å². The lowest BCUT2D eigenvalue weighted by molar-refractivity contribution is -0.130. The standard InChI is InChI=1S/C26H39NO4/c1-16(31-13-11-24(30)27(4)5)20-8-9-21-19-7-6-17-14-18(28)15-23(29)26(17,3)22(19)10-12-25(20,21)2/h6-8,16,18,21-23,28-29H,9-15H2,1-5H3/t16-,18+,21-,22-,23-,25+,26-/m0/s1. The van der Waals surface area contributed by atoms with E-state index in [1.165, 1.54) is 16.7 Å². The molecule has 4 rings (SSSR count). The fourth-order valence-electron chi connectivity index (χ4n) is 6.93. The first kappa shape index (κ1) is 22.8. The molecule has 5 heteroatoms. The lowest BCUT2D eigenvalue weighted by Crippen LogP contribution is -2.52. The number of ether oxygens (including phenoxy) is 1. The number of fused-ring (bicyclic) bond motifs is 5. The van der Waals surface area contributed by atoms with Gasteiger partial charge in [0, 0.05) is 25.9 Å². The maximum absolute atomic E-state index is 11.9. The highest BCUT2D eigenvalue weighted by Crippen LogP contribution is 2.64. The Balaban J connectivity index is 1.51. The fraction of sp³-hybridized carbons (Fsp3) is 0.731. The maximum Gasteiger partial charge on any atom is 0.224 e. The summed E-state index contributed by atoms with van der Waals surface area (Å²) < 4.78 is 6.12. The summed E-state index contributed by atoms with van der Waals surface area (Å²) in [7, 11) is 3.55. The molecule has 0 saturated heterocycles. The molecule has 4 aliphatic rings. The first-order chi connectivity index (χ1) is 14.6. The number of aliphatic hydroxyl groups excluding tert-OH is 2. The molecule has 1 amide bonds. The fourth-order valence-corrected chi connectivity index (χ4v) is 6.93. The lowest BCUT2D eigenvalue weighted by atomic mass is 9.49. The zero-order chi connectivity index (χ0) is 22.6. The molecular weight excluding hydrogens is 390 g/mol. The van der Waals surface area contributed by atoms with Gasteiger partial charge in [0.25, 0.3) is 0 Å². The van der Waals surface area contributed by atoms with Crippen molar-refractivity contribution in [2.24, 2.45) is 22.7 Å². The van der Waals surface area contributed by atoms with Crippen LogP contribution in [0, 0.1) is 22.7 Å². The number of hydrogen-bond acceptors (Lipinski definition) is 4. The van der Waals surface area contributed by atoms with Crippen LogP contribution in [0.15, 0.2) is 34.9 Å². The van der Waals surface area contributed by atoms with Gasteiger partial charge in [-0.05, 0) is 55.4 Å². The lowest BCUT2D eigenvalue weighted by Gasteiger charge is -2.56. The van der Waals surface area contributed by atoms with Crippen molar-refractivity contribution in [3.05, 3.63) is 34.9 Å². The number of hydrogen-bond donors (Lipinski definition) is 2. The summed E-state index contributed by atoms with van der Waals surface area (Å²) in [6.07, 6.45) is 10.6. The van der Waals surface area contributed by atoms with Crippen LogP contribution in [0.5, 0.6) is 0 Å². The topological polar surface area (TPSA) is 70.0 Å². The van der Waals surface area contributed by atoms with E-state index < -0.39 is 12.2 Å². The van der Waals surface area contributed by atoms with Crippen LogP contribution >= 0.6 is 0 Å². The normalized spacial score (nSPS) is 40.0. The number of carbonyl (C=O) groups is 1. The molecule has 0 aromatic rings. The van der Waals surface area contributed by atoms with Crippen LogP contribution in [0.4, 0.5) is 0 Å². The highest BCUT2D eigenvalue weighted by Gasteiger charge is 2.57. The minimum absolute atomic E-state index is 0.00260. The molecule has 172 valence electrons. The Morgan fingerprint density at radius 1 is 1.26 bits per heavy atom. The van der Waals surface area contributed by atoms with Gasteiger partial charge in [-0.25, -0.2) is 0 Å². The highest BCUT2D eigenvalue weighted by atomic mass is 16.5. The first-order valence-electron chi connectivity index (χ1n) is 11.9. The molecule has 0 bridgehead atoms. The van der Waals surface area contributed by atoms with Crippen LogP contribution in [0.1, 0.15) is 59.3 Å². The van der Waals surface area contributed by atoms with Gasteiger partial charge in [-0.3, -0.25) is 4.79 Å². The van der Waals surface area contributed by atoms with E-state index >= 15 is 0 Å². The molecule has 0 aliphatic heterocycles. The summed E-state index contributed by atoms with van der Waals surface area (Å²) in [5.74, 6) is 0.871. The number of rotatable bonds is 5. The third-order valence-corrected chi connectivity index (χ3v) is 8.92. The smallest absolute Gasteiger partial charge is 0.224 e. The third kappa shape index (κ3) is 3.63. The Kier molecular flexibility index (Phi) is 5.99. The van der Waals surface area contributed by atoms with E-state index in [9.17, 15) is 15.0 Å². The monoisotopic (exact) mass is 429 g/mol. The Morgan fingerprint density at radius 2 is 2.00 bits per heavy atom. The van der Waals surface area contributed by atoms with Gasteiger partial charge in [0.15, 0.2) is 0 Å². The number of allylic oxidation sites excluding steroid dienone is 4. The van der Waals surface area contributed by atoms with Crippen molar-refractivity contribution < 1.29 is 19.7 Å². The summed E-state index contributed by atoms with van der Waals surface area (Å²) >= 11 is 0. The van der Waals surface area contributed by atoms with E-state index in [0.717, 1.165) is 19.3 Å². The summed E-state index contributed by atoms with van der Waals surface area (Å²) in [4.78, 5) is 13.5. The molecular formula is C26H39NO4. The van der Waals surface area contributed by atoms with Crippen molar-refractivity contribution in [2.75, 3.05) is 20.7 Å². The van der Waals surface area contributed by atoms with Crippen LogP contribution in [-0.4, -0.2) is 60.0 Å². The number of nitrogens with zero attached hydrogens (tertiary/aromatic N) is 1. The van der Waals surface area contributed by atoms with Crippen molar-refractivity contribution in [2.45, 2.75) is 77.6 Å². The minimum atomic E-state index is -0.495. The van der Waals surface area contributed by atoms with E-state index in [2.05, 4.69) is 39.0 Å². The highest BCUT2D eigenvalue weighted by molar-refractivity contribution is 5.75. The van der Waals surface area contributed by atoms with Crippen molar-refractivity contribution in [3.8, 4) is 0 Å². The zero-order valence-electron chi connectivity index (χ0n) is 19.7. The van der Waals surface area contributed by atoms with E-state index in [0.29, 0.717) is 37.7 Å². The van der Waals surface area contributed by atoms with Crippen LogP contribution in [0.2, 0.25) is 0 Å². The quantitative estimate of drug-likeness (QED) is 0.655. The Morgan fingerprint density at radius 3 is 2.71 bits per heavy atom. The Labute approximate surface area is 186 Å². The van der Waals surface area contributed by atoms with Crippen LogP contribution in [-0.2, 0) is 9.53 Å². The Hall–Kier alpha value is -1.43. The SMILES string of the molecule is C[C@H](OCCC(=O)N(C)C)C1=CC[C@H]2C3=CC=C4C[C@@H](O)C[C@H](O)[C@]4(C)[C@H]3CC[C@]12C. The zero-order valence-corrected chi connectivity index (χ0v) is 19.7. The molecule has 0 heterocycles. The molecule has 0 unspecified atom stereocenters. The van der Waals surface area contributed by atoms with E-state index in [1.807, 2.05) is 0 Å². The molecule has 0 radical (unpaired) electrons. The summed E-state index contributed by atoms with van der Waals surface area (Å²) in [5, 5.41) is 21.2. The molecule has 4 aliphatic carbocycles. The molecule has 2 N–H and O–H groups in total. The van der Waals surface area contributed by atoms with Crippen molar-refractivity contribution >= 4 is 5.91 Å². The predicted octanol–water partition coefficient (Wildman–Crippen LogP) is 3.62. The molecule has 0 aromatic carbocycles. The average molecular weight is 430 g/mol. The molecule has 0 spiro atoms. The molecule has 5 nitrogen and oxygen atoms in total. The molecule has 2 saturated carbocycles. The van der Waals surface area contributed by atoms with Gasteiger partial charge in [-0.15, -0.1) is 0 Å². The second kappa shape index (κ2) is 8.17. The molecule has 0 aromatic heterocycles. The second-order valence-corrected chi connectivity index (χ2v) is 10.8. The Bertz CT molecular complexity index is 827. The summed E-state index contributed by atoms with van der Waals surface area (Å²) in [5.41, 5.74) is 3.85. The van der Waals surface area contributed by atoms with Gasteiger partial charge >= 0.3 is 0 Å². The first-order valence-corrected chi connectivity index (χ1v) is 11.9. The van der Waals surface area contributed by atoms with E-state index in [4.69, 9.17) is 4.74 Å². The van der Waals surface area contributed by atoms with Crippen molar-refractivity contribution in [1.82, 2.24) is 4.90 Å². The van der Waals surface area contributed by atoms with Gasteiger partial charge in [-0.1, -0.05) is 43.2 Å². The van der Waals surface area contributed by atoms with E-state index in [1.54, 1.807) is 19.0 Å². The summed E-state index contributed by atoms with van der Waals surface area (Å²) in [6.45, 7) is 7.15. The second-order valence-electron chi connectivity index (χ2n) is 10.8. The van der Waals surface area contributed by atoms with Gasteiger partial charge in [0.1, 0.15) is 0 Å². The average Bonchev–Trinajstić information content (AvgIpc) is 3.06. The summed E-state index contributed by atoms with van der Waals surface area (Å²) in [6, 6.07) is 0. The minimum Gasteiger partial charge on any atom is -0.393 e. The molecule has 31 heavy (non-hydrogen) atoms. The van der Waals surface area contributed by atoms with Crippen LogP contribution in [0.3, 0.4) is 0 Å². The number of carbonyl (C=O) groups excluding carboxylic acids is 1. The van der Waals surface area contributed by atoms with Crippen molar-refractivity contribution in [1.29, 1.82) is 0 Å². The van der Waals surface area contributed by atoms with Gasteiger partial charge < -0.3 is 19.8 Å². The van der Waals surface area contributed by atoms with E-state index in [-0.39, 0.29) is 22.8 Å². The maximum atomic E-state index is 11.9. The predicted molar refractivity (Wildman–Crippen MR) is 121 cm³/mol. The molecule has 7 atom stereocenters. The largest absolute Gasteiger partial charge is 0.393 e. The molecule has 2 fully saturated rings. The van der Waals surface area contributed by atoms with Crippen molar-refractivity contribution in [3.63, 3.8) is 0 Å².